The molecular weight excluding hydrogens is 285 g/mol. The van der Waals surface area contributed by atoms with E-state index in [9.17, 15) is 0 Å². The first-order valence-electron chi connectivity index (χ1n) is 1.38. The van der Waals surface area contributed by atoms with E-state index in [1.165, 1.54) is 0 Å². The Labute approximate surface area is 97.5 Å². The summed E-state index contributed by atoms with van der Waals surface area (Å²) < 4.78 is 31.9. The average molecular weight is 287 g/mol. The summed E-state index contributed by atoms with van der Waals surface area (Å²) >= 11 is -5.38. The molecule has 0 aliphatic heterocycles. The van der Waals surface area contributed by atoms with Crippen LogP contribution in [0.3, 0.4) is 0 Å². The Morgan fingerprint density at radius 1 is 1.27 bits per heavy atom. The van der Waals surface area contributed by atoms with E-state index in [1.54, 1.807) is 0 Å². The minimum Gasteiger partial charge on any atom is 1.00 e. The molecule has 10 heteroatoms. The van der Waals surface area contributed by atoms with Gasteiger partial charge in [-0.1, -0.05) is 0 Å². The minimum absolute atomic E-state index is 0. The molecule has 0 unspecified atom stereocenters. The molecular formula is CH2AsCuNaO7. The van der Waals surface area contributed by atoms with E-state index in [1.807, 2.05) is 0 Å². The van der Waals surface area contributed by atoms with E-state index in [-0.39, 0.29) is 46.6 Å². The summed E-state index contributed by atoms with van der Waals surface area (Å²) in [5.41, 5.74) is 0. The van der Waals surface area contributed by atoms with Crippen LogP contribution in [0.25, 0.3) is 0 Å². The zero-order valence-electron chi connectivity index (χ0n) is 5.18. The van der Waals surface area contributed by atoms with Crippen molar-refractivity contribution in [1.82, 2.24) is 0 Å². The fourth-order valence-corrected chi connectivity index (χ4v) is 0. The quantitative estimate of drug-likeness (QED) is 0.421. The first-order chi connectivity index (χ1) is 3.73. The molecule has 0 saturated heterocycles. The van der Waals surface area contributed by atoms with Gasteiger partial charge in [-0.15, -0.1) is 0 Å². The molecule has 65 valence electrons. The van der Waals surface area contributed by atoms with Crippen LogP contribution in [0.1, 0.15) is 0 Å². The first-order valence-corrected chi connectivity index (χ1v) is 4.59. The van der Waals surface area contributed by atoms with E-state index in [2.05, 4.69) is 0 Å². The predicted octanol–water partition coefficient (Wildman–Crippen LogP) is -8.25. The Hall–Kier alpha value is 1.03. The topological polar surface area (TPSA) is 144 Å². The van der Waals surface area contributed by atoms with Crippen LogP contribution in [-0.2, 0) is 20.8 Å². The molecule has 0 saturated carbocycles. The van der Waals surface area contributed by atoms with Crippen LogP contribution in [0.2, 0.25) is 0 Å². The molecule has 0 aromatic rings. The number of carbonyl (C=O) groups excluding carboxylic acids is 1. The summed E-state index contributed by atoms with van der Waals surface area (Å²) in [5.74, 6) is 0. The molecule has 0 heterocycles. The van der Waals surface area contributed by atoms with Crippen LogP contribution in [-0.4, -0.2) is 28.9 Å². The fourth-order valence-electron chi connectivity index (χ4n) is 0. The Balaban J connectivity index is -0.0000000383. The van der Waals surface area contributed by atoms with Crippen LogP contribution in [0, 0.1) is 0 Å². The predicted molar refractivity (Wildman–Crippen MR) is 16.3 cm³/mol. The molecule has 11 heavy (non-hydrogen) atoms. The van der Waals surface area contributed by atoms with Crippen LogP contribution in [0.5, 0.6) is 0 Å². The van der Waals surface area contributed by atoms with Crippen molar-refractivity contribution in [3.63, 3.8) is 0 Å². The van der Waals surface area contributed by atoms with Crippen molar-refractivity contribution in [2.24, 2.45) is 0 Å². The van der Waals surface area contributed by atoms with Crippen LogP contribution in [0.15, 0.2) is 0 Å². The summed E-state index contributed by atoms with van der Waals surface area (Å²) in [6.07, 6.45) is -2.33. The molecule has 0 bridgehead atoms. The van der Waals surface area contributed by atoms with Gasteiger partial charge >= 0.3 is 77.2 Å². The van der Waals surface area contributed by atoms with E-state index in [4.69, 9.17) is 31.0 Å². The molecule has 0 rings (SSSR count). The van der Waals surface area contributed by atoms with Gasteiger partial charge in [0, 0.05) is 0 Å². The molecule has 0 spiro atoms. The third-order valence-electron chi connectivity index (χ3n) is 0. The number of hydrogen-bond donors (Lipinski definition) is 2. The van der Waals surface area contributed by atoms with Crippen molar-refractivity contribution in [3.05, 3.63) is 0 Å². The second kappa shape index (κ2) is 11.0. The van der Waals surface area contributed by atoms with E-state index in [0.29, 0.717) is 0 Å². The third-order valence-corrected chi connectivity index (χ3v) is 0. The summed E-state index contributed by atoms with van der Waals surface area (Å²) in [5, 5.41) is 16.7. The zero-order valence-corrected chi connectivity index (χ0v) is 10.0. The zero-order chi connectivity index (χ0) is 8.08. The van der Waals surface area contributed by atoms with Gasteiger partial charge in [-0.05, 0) is 6.16 Å². The van der Waals surface area contributed by atoms with Crippen LogP contribution in [0.4, 0.5) is 4.79 Å². The van der Waals surface area contributed by atoms with Gasteiger partial charge in [0.25, 0.3) is 0 Å². The van der Waals surface area contributed by atoms with Gasteiger partial charge in [0.1, 0.15) is 0 Å². The second-order valence-electron chi connectivity index (χ2n) is 0.741. The molecule has 1 radical (unpaired) electrons. The van der Waals surface area contributed by atoms with Crippen molar-refractivity contribution in [1.29, 1.82) is 0 Å². The molecule has 0 amide bonds. The SMILES string of the molecule is O=C([O-])[O-].O=[As]([O-])(O)O.[Cu+2].[Na+]. The monoisotopic (exact) mass is 287 g/mol. The number of rotatable bonds is 0. The van der Waals surface area contributed by atoms with Gasteiger partial charge < -0.3 is 15.0 Å². The normalized spacial score (nSPS) is 7.55. The maximum absolute atomic E-state index is 8.83. The van der Waals surface area contributed by atoms with E-state index >= 15 is 0 Å². The van der Waals surface area contributed by atoms with Crippen molar-refractivity contribution in [2.75, 3.05) is 0 Å². The smallest absolute Gasteiger partial charge is 1.00 e. The van der Waals surface area contributed by atoms with Crippen LogP contribution >= 0.6 is 0 Å². The van der Waals surface area contributed by atoms with Crippen molar-refractivity contribution >= 4 is 20.7 Å². The summed E-state index contributed by atoms with van der Waals surface area (Å²) in [7, 11) is 0. The van der Waals surface area contributed by atoms with Gasteiger partial charge in [0.05, 0.1) is 0 Å². The van der Waals surface area contributed by atoms with Gasteiger partial charge in [-0.2, -0.15) is 0 Å². The van der Waals surface area contributed by atoms with Crippen molar-refractivity contribution < 1.29 is 77.7 Å². The van der Waals surface area contributed by atoms with E-state index < -0.39 is 20.7 Å². The molecule has 0 aromatic heterocycles. The second-order valence-corrected chi connectivity index (χ2v) is 2.80. The Morgan fingerprint density at radius 2 is 1.27 bits per heavy atom. The largest absolute Gasteiger partial charge is 2.00 e. The molecule has 0 aromatic carbocycles. The van der Waals surface area contributed by atoms with Gasteiger partial charge in [0.2, 0.25) is 0 Å². The average Bonchev–Trinajstić information content (AvgIpc) is 1.19. The molecule has 0 aliphatic rings. The van der Waals surface area contributed by atoms with Crippen molar-refractivity contribution in [2.45, 2.75) is 0 Å². The molecule has 7 nitrogen and oxygen atoms in total. The number of hydrogen-bond acceptors (Lipinski definition) is 5. The minimum atomic E-state index is -5.38. The summed E-state index contributed by atoms with van der Waals surface area (Å²) in [6.45, 7) is 0. The van der Waals surface area contributed by atoms with Crippen molar-refractivity contribution in [3.8, 4) is 0 Å². The van der Waals surface area contributed by atoms with Crippen LogP contribution < -0.4 is 43.9 Å². The molecule has 0 fully saturated rings. The summed E-state index contributed by atoms with van der Waals surface area (Å²) in [4.78, 5) is 8.33. The Morgan fingerprint density at radius 3 is 1.27 bits per heavy atom. The fraction of sp³-hybridized carbons (Fsp3) is 0. The Bertz CT molecular complexity index is 118. The summed E-state index contributed by atoms with van der Waals surface area (Å²) in [6, 6.07) is 0. The first kappa shape index (κ1) is 22.7. The van der Waals surface area contributed by atoms with Gasteiger partial charge in [-0.25, -0.2) is 0 Å². The third kappa shape index (κ3) is 851. The maximum Gasteiger partial charge on any atom is 2.00 e. The Kier molecular flexibility index (Phi) is 22.8. The molecule has 0 atom stereocenters. The van der Waals surface area contributed by atoms with Gasteiger partial charge in [-0.3, -0.25) is 0 Å². The maximum atomic E-state index is 8.83. The molecule has 2 N–H and O–H groups in total. The van der Waals surface area contributed by atoms with E-state index in [0.717, 1.165) is 0 Å². The molecule has 0 aliphatic carbocycles. The van der Waals surface area contributed by atoms with Gasteiger partial charge in [0.15, 0.2) is 0 Å². The number of carboxylic acid groups (broad SMARTS) is 2. The standard InChI is InChI=1S/CH2O3.AsH3O4.Cu.Na/c2-1(3)4;2-1(3,4)5;;/h(H2,2,3,4);(H3,2,3,4,5);;/q;;+2;+1/p-3. The number of carbonyl (C=O) groups is 1.